The van der Waals surface area contributed by atoms with Gasteiger partial charge in [-0.3, -0.25) is 0 Å². The van der Waals surface area contributed by atoms with Crippen LogP contribution >= 0.6 is 0 Å². The predicted molar refractivity (Wildman–Crippen MR) is 90.9 cm³/mol. The van der Waals surface area contributed by atoms with E-state index >= 15 is 0 Å². The maximum Gasteiger partial charge on any atom is 0.0924 e. The highest BCUT2D eigenvalue weighted by atomic mass is 15.3. The number of H-pyrrole nitrogens is 1. The third-order valence-electron chi connectivity index (χ3n) is 4.38. The highest BCUT2D eigenvalue weighted by Gasteiger charge is 2.14. The van der Waals surface area contributed by atoms with Gasteiger partial charge >= 0.3 is 0 Å². The van der Waals surface area contributed by atoms with Gasteiger partial charge in [-0.25, -0.2) is 9.67 Å². The first-order valence-corrected chi connectivity index (χ1v) is 7.88. The number of benzene rings is 1. The van der Waals surface area contributed by atoms with Crippen LogP contribution in [0.15, 0.2) is 49.1 Å². The lowest BCUT2D eigenvalue weighted by atomic mass is 10.2. The standard InChI is InChI=1S/C17H20N6/c1-21-8-10-22(11-9-21)14-2-4-15(5-3-14)23-17(6-7-20-23)16-12-18-13-19-16/h2-7,12-13H,8-11H2,1H3,(H,18,19). The molecule has 1 aliphatic rings. The number of hydrogen-bond acceptors (Lipinski definition) is 4. The van der Waals surface area contributed by atoms with E-state index in [2.05, 4.69) is 56.2 Å². The van der Waals surface area contributed by atoms with Crippen molar-refractivity contribution in [3.05, 3.63) is 49.1 Å². The molecule has 0 aliphatic carbocycles. The van der Waals surface area contributed by atoms with Gasteiger partial charge in [0.1, 0.15) is 0 Å². The van der Waals surface area contributed by atoms with Gasteiger partial charge in [0.15, 0.2) is 0 Å². The van der Waals surface area contributed by atoms with Gasteiger partial charge in [-0.15, -0.1) is 0 Å². The number of anilines is 1. The SMILES string of the molecule is CN1CCN(c2ccc(-n3nccc3-c3cnc[nH]3)cc2)CC1. The maximum absolute atomic E-state index is 4.44. The highest BCUT2D eigenvalue weighted by molar-refractivity contribution is 5.58. The van der Waals surface area contributed by atoms with E-state index in [-0.39, 0.29) is 0 Å². The molecule has 0 saturated carbocycles. The number of rotatable bonds is 3. The molecule has 1 aromatic carbocycles. The van der Waals surface area contributed by atoms with E-state index in [1.807, 2.05) is 23.1 Å². The molecule has 4 rings (SSSR count). The molecule has 6 heteroatoms. The van der Waals surface area contributed by atoms with Crippen molar-refractivity contribution in [1.82, 2.24) is 24.6 Å². The Bertz CT molecular complexity index is 751. The first-order valence-electron chi connectivity index (χ1n) is 7.88. The van der Waals surface area contributed by atoms with Gasteiger partial charge in [0.2, 0.25) is 0 Å². The highest BCUT2D eigenvalue weighted by Crippen LogP contribution is 2.23. The summed E-state index contributed by atoms with van der Waals surface area (Å²) >= 11 is 0. The number of aromatic nitrogens is 4. The van der Waals surface area contributed by atoms with Gasteiger partial charge in [-0.1, -0.05) is 0 Å². The molecule has 1 aliphatic heterocycles. The van der Waals surface area contributed by atoms with E-state index in [9.17, 15) is 0 Å². The molecule has 6 nitrogen and oxygen atoms in total. The van der Waals surface area contributed by atoms with Gasteiger partial charge in [0.25, 0.3) is 0 Å². The molecule has 0 unspecified atom stereocenters. The number of likely N-dealkylation sites (N-methyl/N-ethyl adjacent to an activating group) is 1. The number of imidazole rings is 1. The lowest BCUT2D eigenvalue weighted by Crippen LogP contribution is -2.44. The van der Waals surface area contributed by atoms with Crippen molar-refractivity contribution in [2.45, 2.75) is 0 Å². The summed E-state index contributed by atoms with van der Waals surface area (Å²) in [4.78, 5) is 12.0. The summed E-state index contributed by atoms with van der Waals surface area (Å²) in [5.41, 5.74) is 4.30. The Labute approximate surface area is 135 Å². The molecule has 1 saturated heterocycles. The summed E-state index contributed by atoms with van der Waals surface area (Å²) in [7, 11) is 2.18. The Balaban J connectivity index is 1.58. The van der Waals surface area contributed by atoms with E-state index in [0.717, 1.165) is 43.3 Å². The average molecular weight is 308 g/mol. The van der Waals surface area contributed by atoms with Gasteiger partial charge in [0, 0.05) is 31.9 Å². The Kier molecular flexibility index (Phi) is 3.59. The van der Waals surface area contributed by atoms with Crippen LogP contribution in [-0.2, 0) is 0 Å². The third-order valence-corrected chi connectivity index (χ3v) is 4.38. The Morgan fingerprint density at radius 3 is 2.39 bits per heavy atom. The van der Waals surface area contributed by atoms with Crippen molar-refractivity contribution < 1.29 is 0 Å². The van der Waals surface area contributed by atoms with Gasteiger partial charge in [-0.05, 0) is 37.4 Å². The second-order valence-electron chi connectivity index (χ2n) is 5.90. The van der Waals surface area contributed by atoms with E-state index in [1.54, 1.807) is 6.33 Å². The normalized spacial score (nSPS) is 16.0. The second kappa shape index (κ2) is 5.89. The smallest absolute Gasteiger partial charge is 0.0924 e. The minimum atomic E-state index is 0.964. The van der Waals surface area contributed by atoms with Gasteiger partial charge < -0.3 is 14.8 Å². The van der Waals surface area contributed by atoms with Crippen LogP contribution in [0.5, 0.6) is 0 Å². The summed E-state index contributed by atoms with van der Waals surface area (Å²) in [5, 5.41) is 4.44. The van der Waals surface area contributed by atoms with Crippen molar-refractivity contribution in [1.29, 1.82) is 0 Å². The molecule has 0 bridgehead atoms. The fourth-order valence-corrected chi connectivity index (χ4v) is 2.98. The molecule has 0 spiro atoms. The second-order valence-corrected chi connectivity index (χ2v) is 5.90. The van der Waals surface area contributed by atoms with Gasteiger partial charge in [0.05, 0.1) is 35.8 Å². The molecule has 0 amide bonds. The molecule has 3 aromatic rings. The third kappa shape index (κ3) is 2.73. The minimum Gasteiger partial charge on any atom is -0.369 e. The first kappa shape index (κ1) is 14.0. The maximum atomic E-state index is 4.44. The fraction of sp³-hybridized carbons (Fsp3) is 0.294. The minimum absolute atomic E-state index is 0.964. The van der Waals surface area contributed by atoms with Gasteiger partial charge in [-0.2, -0.15) is 5.10 Å². The lowest BCUT2D eigenvalue weighted by molar-refractivity contribution is 0.313. The molecular formula is C17H20N6. The summed E-state index contributed by atoms with van der Waals surface area (Å²) in [6.45, 7) is 4.39. The molecule has 118 valence electrons. The topological polar surface area (TPSA) is 53.0 Å². The molecule has 1 fully saturated rings. The van der Waals surface area contributed by atoms with E-state index in [4.69, 9.17) is 0 Å². The summed E-state index contributed by atoms with van der Waals surface area (Å²) in [6.07, 6.45) is 5.31. The Morgan fingerprint density at radius 2 is 1.70 bits per heavy atom. The Hall–Kier alpha value is -2.60. The lowest BCUT2D eigenvalue weighted by Gasteiger charge is -2.34. The number of aromatic amines is 1. The van der Waals surface area contributed by atoms with Crippen LogP contribution in [0.4, 0.5) is 5.69 Å². The Morgan fingerprint density at radius 1 is 0.957 bits per heavy atom. The number of nitrogens with zero attached hydrogens (tertiary/aromatic N) is 5. The predicted octanol–water partition coefficient (Wildman–Crippen LogP) is 2.01. The van der Waals surface area contributed by atoms with Crippen molar-refractivity contribution in [3.8, 4) is 17.1 Å². The molecule has 0 radical (unpaired) electrons. The van der Waals surface area contributed by atoms with Crippen LogP contribution in [0.3, 0.4) is 0 Å². The zero-order chi connectivity index (χ0) is 15.6. The van der Waals surface area contributed by atoms with Crippen molar-refractivity contribution >= 4 is 5.69 Å². The number of piperazine rings is 1. The van der Waals surface area contributed by atoms with E-state index in [1.165, 1.54) is 5.69 Å². The van der Waals surface area contributed by atoms with Crippen molar-refractivity contribution in [2.75, 3.05) is 38.1 Å². The molecule has 2 aromatic heterocycles. The summed E-state index contributed by atoms with van der Waals surface area (Å²) in [5.74, 6) is 0. The van der Waals surface area contributed by atoms with Crippen LogP contribution in [0.1, 0.15) is 0 Å². The molecule has 3 heterocycles. The quantitative estimate of drug-likeness (QED) is 0.804. The fourth-order valence-electron chi connectivity index (χ4n) is 2.98. The van der Waals surface area contributed by atoms with Crippen LogP contribution in [0, 0.1) is 0 Å². The molecule has 0 atom stereocenters. The first-order chi connectivity index (χ1) is 11.3. The molecule has 1 N–H and O–H groups in total. The zero-order valence-corrected chi connectivity index (χ0v) is 13.2. The largest absolute Gasteiger partial charge is 0.369 e. The molecular weight excluding hydrogens is 288 g/mol. The van der Waals surface area contributed by atoms with Crippen molar-refractivity contribution in [3.63, 3.8) is 0 Å². The van der Waals surface area contributed by atoms with Crippen LogP contribution in [-0.4, -0.2) is 57.9 Å². The summed E-state index contributed by atoms with van der Waals surface area (Å²) in [6, 6.07) is 10.6. The van der Waals surface area contributed by atoms with Crippen molar-refractivity contribution in [2.24, 2.45) is 0 Å². The average Bonchev–Trinajstić information content (AvgIpc) is 3.27. The molecule has 23 heavy (non-hydrogen) atoms. The zero-order valence-electron chi connectivity index (χ0n) is 13.2. The number of nitrogens with one attached hydrogen (secondary N) is 1. The monoisotopic (exact) mass is 308 g/mol. The number of hydrogen-bond donors (Lipinski definition) is 1. The van der Waals surface area contributed by atoms with Crippen LogP contribution in [0.2, 0.25) is 0 Å². The van der Waals surface area contributed by atoms with E-state index < -0.39 is 0 Å². The summed E-state index contributed by atoms with van der Waals surface area (Å²) < 4.78 is 1.93. The van der Waals surface area contributed by atoms with Crippen LogP contribution in [0.25, 0.3) is 17.1 Å². The van der Waals surface area contributed by atoms with Crippen LogP contribution < -0.4 is 4.90 Å². The van der Waals surface area contributed by atoms with E-state index in [0.29, 0.717) is 0 Å².